The smallest absolute Gasteiger partial charge is 0.748 e. The SMILES string of the molecule is CCCCCCCCN(CCCCCCCC)c1nc(NCCS(=O)(=O)[O-])nc(Nc2ccc(Nc3nc(NCCS(=O)(=O)[O-])nc(N(CCCCCCCC)CCCCCCCC)n3)cc2)n1.[Na+].[Na+]. The zero-order valence-corrected chi connectivity index (χ0v) is 49.4. The summed E-state index contributed by atoms with van der Waals surface area (Å²) in [6.07, 6.45) is 27.5. The Bertz CT molecular complexity index is 1850. The first-order valence-corrected chi connectivity index (χ1v) is 29.0. The molecule has 0 atom stereocenters. The first kappa shape index (κ1) is 65.9. The number of hydrogen-bond donors (Lipinski definition) is 4. The van der Waals surface area contributed by atoms with Crippen LogP contribution in [0.25, 0.3) is 0 Å². The third-order valence-corrected chi connectivity index (χ3v) is 13.0. The molecule has 2 aromatic heterocycles. The van der Waals surface area contributed by atoms with E-state index in [2.05, 4.69) is 68.7 Å². The fraction of sp³-hybridized carbons (Fsp3) is 0.750. The number of hydrogen-bond acceptors (Lipinski definition) is 18. The average molecular weight is 1040 g/mol. The van der Waals surface area contributed by atoms with Crippen molar-refractivity contribution < 1.29 is 85.1 Å². The van der Waals surface area contributed by atoms with E-state index in [0.29, 0.717) is 23.3 Å². The van der Waals surface area contributed by atoms with E-state index in [1.54, 1.807) is 0 Å². The number of anilines is 8. The molecule has 3 aromatic rings. The van der Waals surface area contributed by atoms with Crippen LogP contribution in [0.3, 0.4) is 0 Å². The van der Waals surface area contributed by atoms with Crippen LogP contribution in [0.1, 0.15) is 182 Å². The van der Waals surface area contributed by atoms with E-state index in [0.717, 1.165) is 77.5 Å². The molecule has 0 unspecified atom stereocenters. The number of nitrogens with one attached hydrogen (secondary N) is 4. The second-order valence-corrected chi connectivity index (χ2v) is 20.9. The van der Waals surface area contributed by atoms with Gasteiger partial charge < -0.3 is 40.2 Å². The molecule has 0 spiro atoms. The molecule has 18 nitrogen and oxygen atoms in total. The Balaban J connectivity index is 0.0000122. The van der Waals surface area contributed by atoms with Gasteiger partial charge in [0, 0.05) is 50.6 Å². The summed E-state index contributed by atoms with van der Waals surface area (Å²) in [6, 6.07) is 7.38. The van der Waals surface area contributed by atoms with E-state index in [1.165, 1.54) is 103 Å². The molecule has 0 amide bonds. The molecular weight excluding hydrogens is 951 g/mol. The van der Waals surface area contributed by atoms with Gasteiger partial charge in [0.2, 0.25) is 35.7 Å². The maximum Gasteiger partial charge on any atom is 1.00 e. The summed E-state index contributed by atoms with van der Waals surface area (Å²) in [5.74, 6) is 0.577. The van der Waals surface area contributed by atoms with Gasteiger partial charge in [0.25, 0.3) is 0 Å². The third-order valence-electron chi connectivity index (χ3n) is 11.6. The third kappa shape index (κ3) is 31.4. The minimum atomic E-state index is -4.45. The Morgan fingerprint density at radius 2 is 0.657 bits per heavy atom. The molecule has 0 aliphatic carbocycles. The zero-order chi connectivity index (χ0) is 49.3. The van der Waals surface area contributed by atoms with Crippen molar-refractivity contribution in [3.8, 4) is 0 Å². The fourth-order valence-corrected chi connectivity index (χ4v) is 8.41. The number of benzene rings is 1. The number of aromatic nitrogens is 6. The first-order chi connectivity index (χ1) is 32.8. The minimum absolute atomic E-state index is 0. The maximum atomic E-state index is 11.4. The van der Waals surface area contributed by atoms with E-state index in [4.69, 9.17) is 19.9 Å². The second kappa shape index (κ2) is 39.3. The molecule has 4 N–H and O–H groups in total. The van der Waals surface area contributed by atoms with Gasteiger partial charge in [-0.1, -0.05) is 156 Å². The van der Waals surface area contributed by atoms with Crippen LogP contribution >= 0.6 is 0 Å². The van der Waals surface area contributed by atoms with Crippen molar-refractivity contribution in [2.75, 3.05) is 81.8 Å². The number of nitrogens with zero attached hydrogens (tertiary/aromatic N) is 8. The molecule has 0 saturated carbocycles. The molecule has 0 aliphatic heterocycles. The topological polar surface area (TPSA) is 246 Å². The molecule has 0 radical (unpaired) electrons. The van der Waals surface area contributed by atoms with Gasteiger partial charge in [-0.25, -0.2) is 16.8 Å². The quantitative estimate of drug-likeness (QED) is 0.0346. The summed E-state index contributed by atoms with van der Waals surface area (Å²) in [4.78, 5) is 32.6. The average Bonchev–Trinajstić information content (AvgIpc) is 3.29. The van der Waals surface area contributed by atoms with E-state index < -0.39 is 31.7 Å². The molecule has 0 saturated heterocycles. The molecule has 22 heteroatoms. The van der Waals surface area contributed by atoms with Gasteiger partial charge in [-0.05, 0) is 49.9 Å². The Morgan fingerprint density at radius 1 is 0.400 bits per heavy atom. The van der Waals surface area contributed by atoms with Crippen LogP contribution in [-0.4, -0.2) is 107 Å². The summed E-state index contributed by atoms with van der Waals surface area (Å²) in [5.41, 5.74) is 1.33. The Hall–Kier alpha value is -2.14. The predicted molar refractivity (Wildman–Crippen MR) is 277 cm³/mol. The summed E-state index contributed by atoms with van der Waals surface area (Å²) in [7, 11) is -8.90. The minimum Gasteiger partial charge on any atom is -0.748 e. The van der Waals surface area contributed by atoms with Crippen molar-refractivity contribution in [1.29, 1.82) is 0 Å². The first-order valence-electron chi connectivity index (χ1n) is 25.8. The van der Waals surface area contributed by atoms with Crippen LogP contribution in [0.15, 0.2) is 24.3 Å². The van der Waals surface area contributed by atoms with Crippen LogP contribution < -0.4 is 90.2 Å². The van der Waals surface area contributed by atoms with Crippen molar-refractivity contribution in [2.45, 2.75) is 182 Å². The number of unbranched alkanes of at least 4 members (excludes halogenated alkanes) is 20. The van der Waals surface area contributed by atoms with E-state index in [1.807, 2.05) is 24.3 Å². The zero-order valence-electron chi connectivity index (χ0n) is 43.8. The Labute approximate surface area is 466 Å². The van der Waals surface area contributed by atoms with Gasteiger partial charge in [0.15, 0.2) is 0 Å². The van der Waals surface area contributed by atoms with Crippen molar-refractivity contribution in [3.63, 3.8) is 0 Å². The van der Waals surface area contributed by atoms with E-state index >= 15 is 0 Å². The summed E-state index contributed by atoms with van der Waals surface area (Å²) >= 11 is 0. The molecule has 1 aromatic carbocycles. The Morgan fingerprint density at radius 3 is 0.929 bits per heavy atom. The van der Waals surface area contributed by atoms with Gasteiger partial charge in [-0.15, -0.1) is 0 Å². The van der Waals surface area contributed by atoms with Gasteiger partial charge >= 0.3 is 59.1 Å². The monoisotopic (exact) mass is 1030 g/mol. The number of rotatable bonds is 42. The fourth-order valence-electron chi connectivity index (χ4n) is 7.71. The van der Waals surface area contributed by atoms with Gasteiger partial charge in [-0.3, -0.25) is 0 Å². The van der Waals surface area contributed by atoms with Gasteiger partial charge in [-0.2, -0.15) is 29.9 Å². The summed E-state index contributed by atoms with van der Waals surface area (Å²) in [6.45, 7) is 11.6. The summed E-state index contributed by atoms with van der Waals surface area (Å²) < 4.78 is 68.6. The standard InChI is InChI=1S/C48H86N12O6S2.2Na/c1-5-9-13-17-21-25-35-59(36-26-22-18-14-10-6-2)47-55-43(49-33-39-67(61,62)63)53-45(57-47)51-41-29-31-42(32-30-41)52-46-54-44(50-34-40-68(64,65)66)56-48(58-46)60(37-27-23-19-15-11-7-3)38-28-24-20-16-12-8-4;;/h29-32H,5-28,33-40H2,1-4H3,(H,61,62,63)(H,64,65,66)(H2,49,51,53,55,57)(H2,50,52,54,56,58);;/q;2*+1/p-2. The van der Waals surface area contributed by atoms with Crippen LogP contribution in [0, 0.1) is 0 Å². The predicted octanol–water partition coefficient (Wildman–Crippen LogP) is 4.52. The van der Waals surface area contributed by atoms with Crippen molar-refractivity contribution in [2.24, 2.45) is 0 Å². The molecule has 2 heterocycles. The van der Waals surface area contributed by atoms with E-state index in [9.17, 15) is 25.9 Å². The normalized spacial score (nSPS) is 11.4. The van der Waals surface area contributed by atoms with E-state index in [-0.39, 0.29) is 96.0 Å². The van der Waals surface area contributed by atoms with Gasteiger partial charge in [0.1, 0.15) is 0 Å². The largest absolute Gasteiger partial charge is 1.00 e. The Kier molecular flexibility index (Phi) is 37.0. The van der Waals surface area contributed by atoms with Crippen LogP contribution in [-0.2, 0) is 20.2 Å². The molecule has 386 valence electrons. The molecular formula is C48H84N12Na2O6S2. The second-order valence-electron chi connectivity index (χ2n) is 17.8. The molecule has 0 bridgehead atoms. The van der Waals surface area contributed by atoms with Crippen LogP contribution in [0.2, 0.25) is 0 Å². The van der Waals surface area contributed by atoms with Crippen LogP contribution in [0.5, 0.6) is 0 Å². The molecule has 0 fully saturated rings. The van der Waals surface area contributed by atoms with Gasteiger partial charge in [0.05, 0.1) is 31.7 Å². The molecule has 3 rings (SSSR count). The van der Waals surface area contributed by atoms with Crippen molar-refractivity contribution >= 4 is 67.3 Å². The summed E-state index contributed by atoms with van der Waals surface area (Å²) in [5, 5.41) is 12.4. The van der Waals surface area contributed by atoms with Crippen molar-refractivity contribution in [3.05, 3.63) is 24.3 Å². The maximum absolute atomic E-state index is 11.4. The molecule has 0 aliphatic rings. The molecule has 70 heavy (non-hydrogen) atoms. The van der Waals surface area contributed by atoms with Crippen LogP contribution in [0.4, 0.5) is 47.1 Å². The van der Waals surface area contributed by atoms with Crippen molar-refractivity contribution in [1.82, 2.24) is 29.9 Å².